The van der Waals surface area contributed by atoms with E-state index in [0.29, 0.717) is 6.07 Å². The molecule has 1 aromatic carbocycles. The van der Waals surface area contributed by atoms with Gasteiger partial charge in [0.15, 0.2) is 0 Å². The van der Waals surface area contributed by atoms with Crippen molar-refractivity contribution in [2.45, 2.75) is 19.3 Å². The number of carbonyl (C=O) groups is 1. The molecule has 2 heterocycles. The van der Waals surface area contributed by atoms with Crippen LogP contribution in [-0.2, 0) is 10.2 Å². The van der Waals surface area contributed by atoms with Crippen LogP contribution in [-0.4, -0.2) is 31.0 Å². The Kier molecular flexibility index (Phi) is 4.74. The number of aliphatic carboxylic acids is 1. The number of nitrogens with zero attached hydrogens (tertiary/aromatic N) is 3. The van der Waals surface area contributed by atoms with Gasteiger partial charge < -0.3 is 15.8 Å². The molecule has 4 N–H and O–H groups in total. The third-order valence-electron chi connectivity index (χ3n) is 4.37. The minimum atomic E-state index is -1.48. The van der Waals surface area contributed by atoms with E-state index in [9.17, 15) is 28.8 Å². The molecular weight excluding hydrogens is 388 g/mol. The molecule has 0 amide bonds. The van der Waals surface area contributed by atoms with Crippen molar-refractivity contribution in [1.82, 2.24) is 15.0 Å². The Morgan fingerprint density at radius 2 is 1.93 bits per heavy atom. The molecule has 0 fully saturated rings. The van der Waals surface area contributed by atoms with Crippen molar-refractivity contribution in [3.63, 3.8) is 0 Å². The molecule has 150 valence electrons. The lowest BCUT2D eigenvalue weighted by Crippen LogP contribution is -2.29. The molecule has 0 spiro atoms. The average molecular weight is 403 g/mol. The van der Waals surface area contributed by atoms with Gasteiger partial charge in [-0.1, -0.05) is 0 Å². The average Bonchev–Trinajstić information content (AvgIpc) is 3.07. The normalized spacial score (nSPS) is 11.4. The summed E-state index contributed by atoms with van der Waals surface area (Å²) in [4.78, 5) is 32.8. The Morgan fingerprint density at radius 1 is 1.24 bits per heavy atom. The number of aromatic nitrogens is 3. The fourth-order valence-corrected chi connectivity index (χ4v) is 2.59. The van der Waals surface area contributed by atoms with Gasteiger partial charge in [-0.15, -0.1) is 0 Å². The van der Waals surface area contributed by atoms with Crippen LogP contribution in [0.15, 0.2) is 30.3 Å². The van der Waals surface area contributed by atoms with Gasteiger partial charge in [-0.3, -0.25) is 14.9 Å². The van der Waals surface area contributed by atoms with Crippen LogP contribution >= 0.6 is 0 Å². The van der Waals surface area contributed by atoms with Gasteiger partial charge in [0.05, 0.1) is 16.3 Å². The predicted molar refractivity (Wildman–Crippen MR) is 98.9 cm³/mol. The number of pyridine rings is 1. The van der Waals surface area contributed by atoms with Gasteiger partial charge in [-0.2, -0.15) is 0 Å². The molecule has 3 aromatic rings. The molecule has 0 atom stereocenters. The molecule has 0 radical (unpaired) electrons. The summed E-state index contributed by atoms with van der Waals surface area (Å²) >= 11 is 0. The van der Waals surface area contributed by atoms with Crippen molar-refractivity contribution in [3.8, 4) is 22.6 Å². The number of carboxylic acids is 1. The number of nitrogen functional groups attached to an aromatic ring is 1. The van der Waals surface area contributed by atoms with Gasteiger partial charge >= 0.3 is 11.7 Å². The van der Waals surface area contributed by atoms with E-state index >= 15 is 0 Å². The molecule has 0 aliphatic rings. The highest BCUT2D eigenvalue weighted by Crippen LogP contribution is 2.35. The second-order valence-corrected chi connectivity index (χ2v) is 6.72. The number of imidazole rings is 1. The fraction of sp³-hybridized carbons (Fsp3) is 0.167. The largest absolute Gasteiger partial charge is 0.481 e. The highest BCUT2D eigenvalue weighted by atomic mass is 19.1. The zero-order valence-corrected chi connectivity index (χ0v) is 15.2. The first kappa shape index (κ1) is 19.9. The van der Waals surface area contributed by atoms with Crippen LogP contribution in [0.4, 0.5) is 20.3 Å². The number of anilines is 1. The number of carboxylic acid groups (broad SMARTS) is 1. The zero-order chi connectivity index (χ0) is 21.5. The molecule has 29 heavy (non-hydrogen) atoms. The first-order chi connectivity index (χ1) is 13.5. The molecule has 0 saturated heterocycles. The van der Waals surface area contributed by atoms with Crippen LogP contribution in [0.1, 0.15) is 19.7 Å². The van der Waals surface area contributed by atoms with Crippen LogP contribution in [0, 0.1) is 21.7 Å². The third-order valence-corrected chi connectivity index (χ3v) is 4.37. The Morgan fingerprint density at radius 3 is 2.48 bits per heavy atom. The number of hydrogen-bond acceptors (Lipinski definition) is 6. The molecule has 11 heteroatoms. The number of benzene rings is 1. The van der Waals surface area contributed by atoms with Crippen molar-refractivity contribution in [1.29, 1.82) is 0 Å². The smallest absolute Gasteiger partial charge is 0.316 e. The minimum Gasteiger partial charge on any atom is -0.481 e. The Bertz CT molecular complexity index is 1140. The lowest BCUT2D eigenvalue weighted by molar-refractivity contribution is -0.384. The highest BCUT2D eigenvalue weighted by Gasteiger charge is 2.35. The van der Waals surface area contributed by atoms with Gasteiger partial charge in [-0.25, -0.2) is 18.7 Å². The summed E-state index contributed by atoms with van der Waals surface area (Å²) in [5.41, 5.74) is 3.75. The van der Waals surface area contributed by atoms with E-state index in [1.165, 1.54) is 19.9 Å². The predicted octanol–water partition coefficient (Wildman–Crippen LogP) is 3.27. The van der Waals surface area contributed by atoms with E-state index < -0.39 is 33.6 Å². The topological polar surface area (TPSA) is 148 Å². The molecular formula is C18H15F2N5O4. The van der Waals surface area contributed by atoms with Crippen molar-refractivity contribution in [3.05, 3.63) is 57.9 Å². The first-order valence-electron chi connectivity index (χ1n) is 8.23. The number of aromatic amines is 1. The summed E-state index contributed by atoms with van der Waals surface area (Å²) in [7, 11) is 0. The Hall–Kier alpha value is -3.89. The SMILES string of the molecule is CC(C)(C(=O)O)c1nc(-c2ccc(F)cc2F)c(-c2ccc([N+](=O)[O-])c(N)n2)[nH]1. The van der Waals surface area contributed by atoms with Crippen molar-refractivity contribution in [2.75, 3.05) is 5.73 Å². The van der Waals surface area contributed by atoms with Crippen LogP contribution in [0.2, 0.25) is 0 Å². The minimum absolute atomic E-state index is 0.0163. The van der Waals surface area contributed by atoms with E-state index in [2.05, 4.69) is 15.0 Å². The number of nitrogens with two attached hydrogens (primary N) is 1. The molecule has 0 aliphatic carbocycles. The number of hydrogen-bond donors (Lipinski definition) is 3. The Balaban J connectivity index is 2.27. The molecule has 0 bridgehead atoms. The quantitative estimate of drug-likeness (QED) is 0.437. The molecule has 0 saturated carbocycles. The second kappa shape index (κ2) is 6.93. The van der Waals surface area contributed by atoms with E-state index in [-0.39, 0.29) is 34.3 Å². The Labute approximate surface area is 162 Å². The lowest BCUT2D eigenvalue weighted by atomic mass is 9.93. The third kappa shape index (κ3) is 3.49. The van der Waals surface area contributed by atoms with Gasteiger partial charge in [0.2, 0.25) is 5.82 Å². The van der Waals surface area contributed by atoms with Gasteiger partial charge in [0.1, 0.15) is 28.6 Å². The van der Waals surface area contributed by atoms with E-state index in [1.54, 1.807) is 0 Å². The maximum Gasteiger partial charge on any atom is 0.316 e. The number of rotatable bonds is 5. The number of halogens is 2. The monoisotopic (exact) mass is 403 g/mol. The number of nitro groups is 1. The maximum absolute atomic E-state index is 14.4. The van der Waals surface area contributed by atoms with Crippen molar-refractivity contribution < 1.29 is 23.6 Å². The lowest BCUT2D eigenvalue weighted by Gasteiger charge is -2.15. The van der Waals surface area contributed by atoms with Crippen LogP contribution in [0.25, 0.3) is 22.6 Å². The summed E-state index contributed by atoms with van der Waals surface area (Å²) in [6.07, 6.45) is 0. The fourth-order valence-electron chi connectivity index (χ4n) is 2.59. The summed E-state index contributed by atoms with van der Waals surface area (Å²) in [5, 5.41) is 20.4. The van der Waals surface area contributed by atoms with E-state index in [4.69, 9.17) is 5.73 Å². The summed E-state index contributed by atoms with van der Waals surface area (Å²) in [5.74, 6) is -3.32. The standard InChI is InChI=1S/C18H15F2N5O4/c1-18(2,17(26)27)16-23-13(9-4-3-8(19)7-10(9)20)14(24-16)11-5-6-12(25(28)29)15(21)22-11/h3-7H,1-2H3,(H2,21,22)(H,23,24)(H,26,27). The molecule has 9 nitrogen and oxygen atoms in total. The molecule has 0 unspecified atom stereocenters. The summed E-state index contributed by atoms with van der Waals surface area (Å²) < 4.78 is 27.7. The summed E-state index contributed by atoms with van der Waals surface area (Å²) in [6, 6.07) is 5.22. The number of nitrogens with one attached hydrogen (secondary N) is 1. The summed E-state index contributed by atoms with van der Waals surface area (Å²) in [6.45, 7) is 2.78. The zero-order valence-electron chi connectivity index (χ0n) is 15.2. The van der Waals surface area contributed by atoms with E-state index in [1.807, 2.05) is 0 Å². The van der Waals surface area contributed by atoms with Gasteiger partial charge in [0.25, 0.3) is 0 Å². The number of H-pyrrole nitrogens is 1. The highest BCUT2D eigenvalue weighted by molar-refractivity contribution is 5.82. The van der Waals surface area contributed by atoms with Crippen LogP contribution in [0.5, 0.6) is 0 Å². The second-order valence-electron chi connectivity index (χ2n) is 6.72. The maximum atomic E-state index is 14.4. The van der Waals surface area contributed by atoms with Crippen LogP contribution in [0.3, 0.4) is 0 Å². The van der Waals surface area contributed by atoms with Gasteiger partial charge in [-0.05, 0) is 32.0 Å². The van der Waals surface area contributed by atoms with Crippen LogP contribution < -0.4 is 5.73 Å². The van der Waals surface area contributed by atoms with Crippen molar-refractivity contribution in [2.24, 2.45) is 0 Å². The van der Waals surface area contributed by atoms with Gasteiger partial charge in [0, 0.05) is 17.7 Å². The molecule has 3 rings (SSSR count). The van der Waals surface area contributed by atoms with Crippen molar-refractivity contribution >= 4 is 17.5 Å². The molecule has 0 aliphatic heterocycles. The first-order valence-corrected chi connectivity index (χ1v) is 8.23. The molecule has 2 aromatic heterocycles. The van der Waals surface area contributed by atoms with E-state index in [0.717, 1.165) is 18.2 Å².